The number of halogens is 1. The maximum Gasteiger partial charge on any atom is 0.337 e. The molecule has 4 aliphatic rings. The molecule has 0 amide bonds. The van der Waals surface area contributed by atoms with Crippen molar-refractivity contribution in [1.82, 2.24) is 0 Å². The Bertz CT molecular complexity index is 1680. The largest absolute Gasteiger partial charge is 0.490 e. The number of methoxy groups -OCH3 is 1. The number of nitrogens with zero attached hydrogens (tertiary/aromatic N) is 1. The molecule has 0 radical (unpaired) electrons. The van der Waals surface area contributed by atoms with E-state index in [4.69, 9.17) is 29.7 Å². The fourth-order valence-electron chi connectivity index (χ4n) is 8.76. The molecular weight excluding hydrogens is 690 g/mol. The van der Waals surface area contributed by atoms with Crippen LogP contribution in [0.2, 0.25) is 23.2 Å². The number of ether oxygens (including phenoxy) is 2. The molecule has 6 rings (SSSR count). The monoisotopic (exact) mass is 745 g/mol. The minimum absolute atomic E-state index is 0.0243. The van der Waals surface area contributed by atoms with Crippen LogP contribution in [0.1, 0.15) is 93.6 Å². The van der Waals surface area contributed by atoms with Crippen molar-refractivity contribution >= 4 is 41.7 Å². The second-order valence-electron chi connectivity index (χ2n) is 17.0. The summed E-state index contributed by atoms with van der Waals surface area (Å²) in [7, 11) is -4.30. The van der Waals surface area contributed by atoms with Crippen LogP contribution in [-0.2, 0) is 35.3 Å². The Labute approximate surface area is 305 Å². The highest BCUT2D eigenvalue weighted by Gasteiger charge is 2.49. The van der Waals surface area contributed by atoms with Crippen LogP contribution >= 0.6 is 11.6 Å². The Morgan fingerprint density at radius 3 is 2.56 bits per heavy atom. The third-order valence-electron chi connectivity index (χ3n) is 12.5. The van der Waals surface area contributed by atoms with E-state index in [1.54, 1.807) is 6.07 Å². The van der Waals surface area contributed by atoms with Crippen molar-refractivity contribution in [1.29, 1.82) is 0 Å². The third-order valence-corrected chi connectivity index (χ3v) is 17.8. The van der Waals surface area contributed by atoms with E-state index in [1.807, 2.05) is 18.2 Å². The Morgan fingerprint density at radius 2 is 1.88 bits per heavy atom. The molecule has 1 spiro atoms. The van der Waals surface area contributed by atoms with Crippen molar-refractivity contribution in [2.75, 3.05) is 38.0 Å². The van der Waals surface area contributed by atoms with Crippen LogP contribution in [0.15, 0.2) is 36.4 Å². The first-order chi connectivity index (χ1) is 23.5. The van der Waals surface area contributed by atoms with Crippen molar-refractivity contribution in [2.45, 2.75) is 114 Å². The van der Waals surface area contributed by atoms with Crippen LogP contribution in [0, 0.1) is 17.8 Å². The maximum absolute atomic E-state index is 12.8. The van der Waals surface area contributed by atoms with E-state index in [2.05, 4.69) is 50.9 Å². The summed E-state index contributed by atoms with van der Waals surface area (Å²) in [6.45, 7) is 13.6. The zero-order valence-corrected chi connectivity index (χ0v) is 33.5. The molecule has 2 aromatic rings. The quantitative estimate of drug-likeness (QED) is 0.143. The molecule has 3 aliphatic carbocycles. The summed E-state index contributed by atoms with van der Waals surface area (Å²) >= 11 is 6.49. The van der Waals surface area contributed by atoms with Gasteiger partial charge in [-0.2, -0.15) is 8.42 Å². The van der Waals surface area contributed by atoms with E-state index in [9.17, 15) is 13.2 Å². The molecule has 1 heterocycles. The Morgan fingerprint density at radius 1 is 1.10 bits per heavy atom. The van der Waals surface area contributed by atoms with Gasteiger partial charge in [-0.3, -0.25) is 4.18 Å². The highest BCUT2D eigenvalue weighted by Crippen LogP contribution is 2.50. The molecule has 2 aromatic carbocycles. The van der Waals surface area contributed by atoms with Crippen LogP contribution in [0.4, 0.5) is 5.69 Å². The number of anilines is 1. The molecule has 2 fully saturated rings. The summed E-state index contributed by atoms with van der Waals surface area (Å²) in [4.78, 5) is 15.2. The number of rotatable bonds is 9. The van der Waals surface area contributed by atoms with Gasteiger partial charge in [0.05, 0.1) is 43.4 Å². The maximum atomic E-state index is 12.8. The van der Waals surface area contributed by atoms with Gasteiger partial charge >= 0.3 is 5.97 Å². The fraction of sp³-hybridized carbons (Fsp3) is 0.667. The van der Waals surface area contributed by atoms with Crippen molar-refractivity contribution in [3.8, 4) is 5.75 Å². The van der Waals surface area contributed by atoms with Gasteiger partial charge in [-0.15, -0.1) is 0 Å². The normalized spacial score (nSPS) is 27.7. The first-order valence-electron chi connectivity index (χ1n) is 18.4. The van der Waals surface area contributed by atoms with Gasteiger partial charge in [-0.1, -0.05) is 44.9 Å². The molecule has 276 valence electrons. The standard InChI is InChI=1S/C39H56ClNO7SSi/c1-38(2,3)50(6,7)48-36(27-10-8-12-31(21-27)47-49(5,43)44)32-16-13-29(32)23-41-24-39(19-9-11-26-20-30(40)15-17-33(26)39)25-46-35-18-14-28(22-34(35)41)37(42)45-4/h14-15,17-18,20,22,27,29,31-32,36H,8-13,16,19,21,23-25H2,1-7H3/t27-,29+,31+,32-,36-,39+/m1/s1. The zero-order chi connectivity index (χ0) is 36.1. The molecule has 0 saturated heterocycles. The van der Waals surface area contributed by atoms with Crippen LogP contribution < -0.4 is 9.64 Å². The fourth-order valence-corrected chi connectivity index (χ4v) is 11.0. The molecule has 11 heteroatoms. The van der Waals surface area contributed by atoms with E-state index in [0.29, 0.717) is 30.4 Å². The summed E-state index contributed by atoms with van der Waals surface area (Å²) in [5.41, 5.74) is 3.81. The lowest BCUT2D eigenvalue weighted by molar-refractivity contribution is -0.0368. The predicted molar refractivity (Wildman–Crippen MR) is 202 cm³/mol. The second-order valence-corrected chi connectivity index (χ2v) is 23.8. The van der Waals surface area contributed by atoms with Gasteiger partial charge < -0.3 is 18.8 Å². The molecule has 0 unspecified atom stereocenters. The average Bonchev–Trinajstić information content (AvgIpc) is 3.17. The minimum Gasteiger partial charge on any atom is -0.490 e. The van der Waals surface area contributed by atoms with Gasteiger partial charge in [-0.25, -0.2) is 4.79 Å². The number of esters is 1. The molecular formula is C39H56ClNO7SSi. The topological polar surface area (TPSA) is 91.4 Å². The summed E-state index contributed by atoms with van der Waals surface area (Å²) in [6, 6.07) is 12.0. The first-order valence-corrected chi connectivity index (χ1v) is 23.5. The zero-order valence-electron chi connectivity index (χ0n) is 30.9. The Hall–Kier alpha value is -2.11. The van der Waals surface area contributed by atoms with Gasteiger partial charge in [0.15, 0.2) is 8.32 Å². The smallest absolute Gasteiger partial charge is 0.337 e. The van der Waals surface area contributed by atoms with Crippen LogP contribution in [-0.4, -0.2) is 68.0 Å². The van der Waals surface area contributed by atoms with Gasteiger partial charge in [-0.05, 0) is 129 Å². The van der Waals surface area contributed by atoms with Gasteiger partial charge in [0.2, 0.25) is 0 Å². The number of carbonyl (C=O) groups is 1. The molecule has 50 heavy (non-hydrogen) atoms. The number of benzene rings is 2. The summed E-state index contributed by atoms with van der Waals surface area (Å²) < 4.78 is 49.1. The Kier molecular flexibility index (Phi) is 10.8. The van der Waals surface area contributed by atoms with E-state index < -0.39 is 18.4 Å². The number of carbonyl (C=O) groups excluding carboxylic acids is 1. The third kappa shape index (κ3) is 7.94. The molecule has 2 saturated carbocycles. The van der Waals surface area contributed by atoms with Crippen LogP contribution in [0.3, 0.4) is 0 Å². The lowest BCUT2D eigenvalue weighted by Gasteiger charge is -2.52. The van der Waals surface area contributed by atoms with Gasteiger partial charge in [0.25, 0.3) is 10.1 Å². The summed E-state index contributed by atoms with van der Waals surface area (Å²) in [5, 5.41) is 0.798. The van der Waals surface area contributed by atoms with Crippen LogP contribution in [0.25, 0.3) is 0 Å². The van der Waals surface area contributed by atoms with Gasteiger partial charge in [0, 0.05) is 23.5 Å². The Balaban J connectivity index is 1.34. The summed E-state index contributed by atoms with van der Waals surface area (Å²) in [5.74, 6) is 1.34. The van der Waals surface area contributed by atoms with Crippen molar-refractivity contribution in [3.05, 3.63) is 58.1 Å². The summed E-state index contributed by atoms with van der Waals surface area (Å²) in [6.07, 6.45) is 9.48. The van der Waals surface area contributed by atoms with E-state index in [-0.39, 0.29) is 34.5 Å². The highest BCUT2D eigenvalue weighted by molar-refractivity contribution is 7.86. The molecule has 0 bridgehead atoms. The minimum atomic E-state index is -3.54. The first kappa shape index (κ1) is 37.6. The number of fused-ring (bicyclic) bond motifs is 3. The highest BCUT2D eigenvalue weighted by atomic mass is 35.5. The lowest BCUT2D eigenvalue weighted by Crippen LogP contribution is -2.54. The van der Waals surface area contributed by atoms with Crippen LogP contribution in [0.5, 0.6) is 5.75 Å². The van der Waals surface area contributed by atoms with Crippen molar-refractivity contribution in [3.63, 3.8) is 0 Å². The second kappa shape index (κ2) is 14.4. The van der Waals surface area contributed by atoms with Gasteiger partial charge in [0.1, 0.15) is 5.75 Å². The van der Waals surface area contributed by atoms with Crippen molar-refractivity contribution < 1.29 is 31.3 Å². The molecule has 0 aromatic heterocycles. The van der Waals surface area contributed by atoms with Crippen molar-refractivity contribution in [2.24, 2.45) is 17.8 Å². The molecule has 1 aliphatic heterocycles. The molecule has 0 N–H and O–H groups in total. The number of hydrogen-bond donors (Lipinski definition) is 0. The number of aryl methyl sites for hydroxylation is 1. The van der Waals surface area contributed by atoms with E-state index >= 15 is 0 Å². The lowest BCUT2D eigenvalue weighted by atomic mass is 9.65. The van der Waals surface area contributed by atoms with E-state index in [1.165, 1.54) is 18.2 Å². The SMILES string of the molecule is COC(=O)c1ccc2c(c1)N(C[C@@H]1CC[C@H]1[C@H](O[Si](C)(C)C(C)(C)C)[C@@H]1CCC[C@H](OS(C)(=O)=O)C1)C[C@@]1(CCCc3cc(Cl)ccc31)CO2. The average molecular weight is 746 g/mol. The number of hydrogen-bond acceptors (Lipinski definition) is 8. The predicted octanol–water partition coefficient (Wildman–Crippen LogP) is 8.55. The van der Waals surface area contributed by atoms with E-state index in [0.717, 1.165) is 87.2 Å². The molecule has 6 atom stereocenters. The molecule has 8 nitrogen and oxygen atoms in total.